The fraction of sp³-hybridized carbons (Fsp3) is 0.0889. The highest BCUT2D eigenvalue weighted by Crippen LogP contribution is 2.62. The summed E-state index contributed by atoms with van der Waals surface area (Å²) in [4.78, 5) is 16.5. The lowest BCUT2D eigenvalue weighted by Gasteiger charge is -2.52. The average Bonchev–Trinajstić information content (AvgIpc) is 3.59. The highest BCUT2D eigenvalue weighted by atomic mass is 79.9. The maximum absolute atomic E-state index is 14.6. The normalized spacial score (nSPS) is 14.8. The summed E-state index contributed by atoms with van der Waals surface area (Å²) in [5.41, 5.74) is 12.9. The number of fused-ring (bicyclic) bond motifs is 8. The highest BCUT2D eigenvalue weighted by molar-refractivity contribution is 9.10. The van der Waals surface area contributed by atoms with Gasteiger partial charge in [0.25, 0.3) is 5.91 Å². The van der Waals surface area contributed by atoms with Gasteiger partial charge in [-0.3, -0.25) is 9.69 Å². The number of furan rings is 1. The zero-order valence-electron chi connectivity index (χ0n) is 27.2. The predicted molar refractivity (Wildman–Crippen MR) is 201 cm³/mol. The Kier molecular flexibility index (Phi) is 6.69. The van der Waals surface area contributed by atoms with Gasteiger partial charge < -0.3 is 4.42 Å². The Bertz CT molecular complexity index is 2260. The van der Waals surface area contributed by atoms with Gasteiger partial charge in [0.05, 0.1) is 28.6 Å². The number of anilines is 2. The first-order chi connectivity index (χ1) is 23.9. The monoisotopic (exact) mass is 697 g/mol. The van der Waals surface area contributed by atoms with E-state index in [9.17, 15) is 4.79 Å². The van der Waals surface area contributed by atoms with Crippen molar-refractivity contribution in [2.45, 2.75) is 24.7 Å². The number of benzene rings is 6. The summed E-state index contributed by atoms with van der Waals surface area (Å²) in [7, 11) is 0. The van der Waals surface area contributed by atoms with Crippen LogP contribution in [-0.4, -0.2) is 5.91 Å². The largest absolute Gasteiger partial charge is 0.457 e. The van der Waals surface area contributed by atoms with Crippen molar-refractivity contribution in [3.05, 3.63) is 202 Å². The minimum Gasteiger partial charge on any atom is -0.457 e. The third kappa shape index (κ3) is 4.23. The lowest BCUT2D eigenvalue weighted by atomic mass is 9.52. The van der Waals surface area contributed by atoms with Gasteiger partial charge in [-0.05, 0) is 102 Å². The molecular formula is C45H32BrNO2. The number of hydrogen-bond donors (Lipinski definition) is 0. The number of amides is 1. The van der Waals surface area contributed by atoms with Crippen molar-refractivity contribution in [2.75, 3.05) is 4.90 Å². The van der Waals surface area contributed by atoms with E-state index in [4.69, 9.17) is 4.42 Å². The van der Waals surface area contributed by atoms with E-state index in [1.54, 1.807) is 12.3 Å². The molecule has 1 aliphatic carbocycles. The number of nitrogens with zero attached hydrogens (tertiary/aromatic N) is 1. The van der Waals surface area contributed by atoms with Crippen molar-refractivity contribution in [3.8, 4) is 22.3 Å². The van der Waals surface area contributed by atoms with E-state index >= 15 is 0 Å². The Morgan fingerprint density at radius 2 is 1.00 bits per heavy atom. The number of carbonyl (C=O) groups is 1. The molecule has 0 bridgehead atoms. The molecule has 0 saturated heterocycles. The summed E-state index contributed by atoms with van der Waals surface area (Å²) in [5.74, 6) is -0.150. The average molecular weight is 699 g/mol. The summed E-state index contributed by atoms with van der Waals surface area (Å²) in [6.07, 6.45) is 1.55. The van der Waals surface area contributed by atoms with Crippen molar-refractivity contribution in [1.29, 1.82) is 0 Å². The van der Waals surface area contributed by atoms with Crippen LogP contribution in [0.15, 0.2) is 167 Å². The lowest BCUT2D eigenvalue weighted by Crippen LogP contribution is -2.46. The summed E-state index contributed by atoms with van der Waals surface area (Å²) in [6.45, 7) is 4.68. The second kappa shape index (κ2) is 11.0. The molecule has 2 aliphatic rings. The number of para-hydroxylation sites is 2. The Hall–Kier alpha value is -5.45. The molecule has 4 heteroatoms. The summed E-state index contributed by atoms with van der Waals surface area (Å²) in [5, 5.41) is 0. The van der Waals surface area contributed by atoms with Crippen LogP contribution in [0.4, 0.5) is 11.4 Å². The molecule has 2 heterocycles. The van der Waals surface area contributed by atoms with Gasteiger partial charge in [0.2, 0.25) is 0 Å². The molecule has 7 aromatic rings. The minimum absolute atomic E-state index is 0.150. The number of halogens is 1. The smallest absolute Gasteiger partial charge is 0.267 e. The van der Waals surface area contributed by atoms with Gasteiger partial charge >= 0.3 is 0 Å². The zero-order valence-corrected chi connectivity index (χ0v) is 28.7. The zero-order chi connectivity index (χ0) is 33.3. The van der Waals surface area contributed by atoms with E-state index in [-0.39, 0.29) is 11.3 Å². The van der Waals surface area contributed by atoms with Crippen LogP contribution in [-0.2, 0) is 10.8 Å². The van der Waals surface area contributed by atoms with E-state index in [2.05, 4.69) is 163 Å². The van der Waals surface area contributed by atoms with Crippen LogP contribution < -0.4 is 4.90 Å². The van der Waals surface area contributed by atoms with Crippen LogP contribution in [0.25, 0.3) is 22.3 Å². The van der Waals surface area contributed by atoms with Crippen LogP contribution >= 0.6 is 15.9 Å². The van der Waals surface area contributed by atoms with Gasteiger partial charge in [-0.25, -0.2) is 0 Å². The predicted octanol–water partition coefficient (Wildman–Crippen LogP) is 11.7. The van der Waals surface area contributed by atoms with Gasteiger partial charge in [0, 0.05) is 5.41 Å². The highest BCUT2D eigenvalue weighted by Gasteiger charge is 2.54. The van der Waals surface area contributed by atoms with Crippen LogP contribution in [0, 0.1) is 0 Å². The molecule has 1 aliphatic heterocycles. The molecule has 6 aromatic carbocycles. The van der Waals surface area contributed by atoms with Gasteiger partial charge in [0.15, 0.2) is 4.67 Å². The van der Waals surface area contributed by atoms with Crippen molar-refractivity contribution in [1.82, 2.24) is 0 Å². The van der Waals surface area contributed by atoms with Crippen molar-refractivity contribution >= 4 is 33.2 Å². The minimum atomic E-state index is -0.729. The van der Waals surface area contributed by atoms with Crippen molar-refractivity contribution in [2.24, 2.45) is 0 Å². The Balaban J connectivity index is 1.44. The van der Waals surface area contributed by atoms with Gasteiger partial charge in [-0.15, -0.1) is 0 Å². The first kappa shape index (κ1) is 29.7. The molecule has 3 nitrogen and oxygen atoms in total. The van der Waals surface area contributed by atoms with Crippen molar-refractivity contribution in [3.63, 3.8) is 0 Å². The van der Waals surface area contributed by atoms with Crippen LogP contribution in [0.2, 0.25) is 0 Å². The van der Waals surface area contributed by atoms with Crippen molar-refractivity contribution < 1.29 is 9.21 Å². The molecule has 9 rings (SSSR count). The number of carbonyl (C=O) groups excluding carboxylic acids is 1. The molecule has 0 N–H and O–H groups in total. The topological polar surface area (TPSA) is 33.5 Å². The quantitative estimate of drug-likeness (QED) is 0.184. The van der Waals surface area contributed by atoms with Crippen LogP contribution in [0.3, 0.4) is 0 Å². The fourth-order valence-electron chi connectivity index (χ4n) is 8.32. The Morgan fingerprint density at radius 1 is 0.531 bits per heavy atom. The second-order valence-electron chi connectivity index (χ2n) is 13.4. The third-order valence-electron chi connectivity index (χ3n) is 10.6. The molecule has 236 valence electrons. The maximum Gasteiger partial charge on any atom is 0.267 e. The summed E-state index contributed by atoms with van der Waals surface area (Å²) < 4.78 is 5.98. The van der Waals surface area contributed by atoms with E-state index in [1.807, 2.05) is 17.0 Å². The fourth-order valence-corrected chi connectivity index (χ4v) is 8.73. The van der Waals surface area contributed by atoms with Gasteiger partial charge in [0.1, 0.15) is 0 Å². The molecule has 0 unspecified atom stereocenters. The second-order valence-corrected chi connectivity index (χ2v) is 14.1. The standard InChI is InChI=1S/C45H32BrNO2/c1-44(2)34-23-21-31(29-13-5-3-6-14-29)27-38(34)45(39-28-32(22-24-35(39)44)30-15-7-4-8-16-30)36-17-9-11-19-40(36)47(41-20-12-10-18-37(41)45)43(48)33-25-26-49-42(33)46/h3-28H,1-2H3. The molecule has 1 amide bonds. The molecule has 0 saturated carbocycles. The molecule has 0 fully saturated rings. The number of hydrogen-bond acceptors (Lipinski definition) is 2. The first-order valence-electron chi connectivity index (χ1n) is 16.6. The molecule has 0 radical (unpaired) electrons. The van der Waals surface area contributed by atoms with Crippen LogP contribution in [0.5, 0.6) is 0 Å². The maximum atomic E-state index is 14.6. The number of rotatable bonds is 3. The molecule has 0 atom stereocenters. The van der Waals surface area contributed by atoms with E-state index in [0.29, 0.717) is 10.2 Å². The molecule has 1 spiro atoms. The van der Waals surface area contributed by atoms with Crippen LogP contribution in [0.1, 0.15) is 57.6 Å². The molecule has 1 aromatic heterocycles. The molecular weight excluding hydrogens is 666 g/mol. The Morgan fingerprint density at radius 3 is 1.47 bits per heavy atom. The SMILES string of the molecule is CC1(C)c2ccc(-c3ccccc3)cc2C2(c3ccccc3N(C(=O)c3ccoc3Br)c3ccccc32)c2cc(-c3ccccc3)ccc21. The van der Waals surface area contributed by atoms with Gasteiger partial charge in [-0.2, -0.15) is 0 Å². The van der Waals surface area contributed by atoms with E-state index in [0.717, 1.165) is 33.6 Å². The lowest BCUT2D eigenvalue weighted by molar-refractivity contribution is 0.0996. The molecule has 49 heavy (non-hydrogen) atoms. The van der Waals surface area contributed by atoms with E-state index < -0.39 is 5.41 Å². The third-order valence-corrected chi connectivity index (χ3v) is 11.2. The van der Waals surface area contributed by atoms with E-state index in [1.165, 1.54) is 33.4 Å². The van der Waals surface area contributed by atoms with Gasteiger partial charge in [-0.1, -0.05) is 135 Å². The first-order valence-corrected chi connectivity index (χ1v) is 17.4. The Labute approximate surface area is 294 Å². The summed E-state index contributed by atoms with van der Waals surface area (Å²) in [6, 6.07) is 53.8. The summed E-state index contributed by atoms with van der Waals surface area (Å²) >= 11 is 3.48.